The molecule has 2 aromatic heterocycles. The fourth-order valence-electron chi connectivity index (χ4n) is 1.99. The molecule has 0 atom stereocenters. The first-order valence-corrected chi connectivity index (χ1v) is 5.94. The summed E-state index contributed by atoms with van der Waals surface area (Å²) in [7, 11) is 0. The van der Waals surface area contributed by atoms with Crippen molar-refractivity contribution >= 4 is 28.3 Å². The molecule has 3 aromatic rings. The molecule has 0 aliphatic rings. The molecule has 1 amide bonds. The number of hydrogen-bond donors (Lipinski definition) is 3. The summed E-state index contributed by atoms with van der Waals surface area (Å²) < 4.78 is 13.0. The van der Waals surface area contributed by atoms with Gasteiger partial charge < -0.3 is 16.0 Å². The van der Waals surface area contributed by atoms with Gasteiger partial charge in [0.15, 0.2) is 0 Å². The third kappa shape index (κ3) is 2.18. The Kier molecular flexibility index (Phi) is 2.83. The Morgan fingerprint density at radius 2 is 2.15 bits per heavy atom. The highest BCUT2D eigenvalue weighted by atomic mass is 19.1. The van der Waals surface area contributed by atoms with Crippen LogP contribution in [0.2, 0.25) is 0 Å². The Morgan fingerprint density at radius 1 is 1.30 bits per heavy atom. The van der Waals surface area contributed by atoms with Gasteiger partial charge in [-0.3, -0.25) is 4.79 Å². The van der Waals surface area contributed by atoms with Crippen LogP contribution < -0.4 is 11.1 Å². The van der Waals surface area contributed by atoms with Crippen molar-refractivity contribution in [1.82, 2.24) is 9.97 Å². The van der Waals surface area contributed by atoms with Gasteiger partial charge >= 0.3 is 0 Å². The van der Waals surface area contributed by atoms with E-state index in [0.717, 1.165) is 10.9 Å². The van der Waals surface area contributed by atoms with Gasteiger partial charge in [0.25, 0.3) is 5.91 Å². The minimum Gasteiger partial charge on any atom is -0.399 e. The second-order valence-electron chi connectivity index (χ2n) is 4.31. The predicted molar refractivity (Wildman–Crippen MR) is 74.9 cm³/mol. The van der Waals surface area contributed by atoms with Gasteiger partial charge in [-0.1, -0.05) is 6.07 Å². The number of benzene rings is 1. The molecule has 20 heavy (non-hydrogen) atoms. The van der Waals surface area contributed by atoms with Crippen LogP contribution in [0, 0.1) is 5.95 Å². The second kappa shape index (κ2) is 4.65. The fourth-order valence-corrected chi connectivity index (χ4v) is 1.99. The molecule has 0 unspecified atom stereocenters. The number of halogens is 1. The van der Waals surface area contributed by atoms with E-state index >= 15 is 0 Å². The number of amides is 1. The normalized spacial score (nSPS) is 10.7. The van der Waals surface area contributed by atoms with E-state index in [0.29, 0.717) is 11.3 Å². The largest absolute Gasteiger partial charge is 0.399 e. The average Bonchev–Trinajstić information content (AvgIpc) is 2.81. The molecular formula is C14H11FN4O. The van der Waals surface area contributed by atoms with Gasteiger partial charge in [0.2, 0.25) is 5.95 Å². The van der Waals surface area contributed by atoms with Crippen LogP contribution in [0.4, 0.5) is 15.9 Å². The van der Waals surface area contributed by atoms with E-state index in [9.17, 15) is 9.18 Å². The number of H-pyrrole nitrogens is 1. The fraction of sp³-hybridized carbons (Fsp3) is 0. The number of hydrogen-bond acceptors (Lipinski definition) is 3. The Labute approximate surface area is 113 Å². The lowest BCUT2D eigenvalue weighted by Gasteiger charge is -2.03. The number of nitrogen functional groups attached to an aromatic ring is 1. The molecule has 0 fully saturated rings. The number of carbonyl (C=O) groups excluding carboxylic acids is 1. The van der Waals surface area contributed by atoms with E-state index < -0.39 is 5.95 Å². The molecule has 0 aliphatic heterocycles. The number of pyridine rings is 1. The van der Waals surface area contributed by atoms with Crippen LogP contribution >= 0.6 is 0 Å². The van der Waals surface area contributed by atoms with Gasteiger partial charge in [0.1, 0.15) is 5.82 Å². The van der Waals surface area contributed by atoms with Crippen molar-refractivity contribution in [2.75, 3.05) is 11.1 Å². The number of aromatic nitrogens is 2. The van der Waals surface area contributed by atoms with Crippen molar-refractivity contribution in [3.05, 3.63) is 54.1 Å². The number of nitrogens with two attached hydrogens (primary N) is 1. The molecular weight excluding hydrogens is 259 g/mol. The smallest absolute Gasteiger partial charge is 0.258 e. The zero-order chi connectivity index (χ0) is 14.1. The summed E-state index contributed by atoms with van der Waals surface area (Å²) in [5, 5.41) is 3.29. The predicted octanol–water partition coefficient (Wildman–Crippen LogP) is 2.54. The second-order valence-corrected chi connectivity index (χ2v) is 4.31. The van der Waals surface area contributed by atoms with Crippen LogP contribution in [-0.4, -0.2) is 15.9 Å². The van der Waals surface area contributed by atoms with Crippen LogP contribution in [0.3, 0.4) is 0 Å². The third-order valence-electron chi connectivity index (χ3n) is 2.91. The van der Waals surface area contributed by atoms with Crippen LogP contribution in [0.5, 0.6) is 0 Å². The highest BCUT2D eigenvalue weighted by Crippen LogP contribution is 2.21. The Hall–Kier alpha value is -2.89. The first-order valence-electron chi connectivity index (χ1n) is 5.94. The molecule has 5 nitrogen and oxygen atoms in total. The number of nitrogens with one attached hydrogen (secondary N) is 2. The van der Waals surface area contributed by atoms with E-state index in [1.165, 1.54) is 18.2 Å². The van der Waals surface area contributed by atoms with E-state index in [2.05, 4.69) is 15.3 Å². The van der Waals surface area contributed by atoms with Crippen LogP contribution in [0.25, 0.3) is 10.9 Å². The molecule has 0 saturated heterocycles. The maximum Gasteiger partial charge on any atom is 0.258 e. The number of rotatable bonds is 2. The Balaban J connectivity index is 1.93. The zero-order valence-electron chi connectivity index (χ0n) is 10.4. The Bertz CT molecular complexity index is 797. The van der Waals surface area contributed by atoms with Crippen molar-refractivity contribution in [3.63, 3.8) is 0 Å². The highest BCUT2D eigenvalue weighted by molar-refractivity contribution is 6.12. The molecule has 0 bridgehead atoms. The molecule has 4 N–H and O–H groups in total. The number of fused-ring (bicyclic) bond motifs is 1. The standard InChI is InChI=1S/C14H11FN4O/c15-12-2-1-3-13(18-12)19-14(20)10-7-17-11-6-8(16)4-5-9(10)11/h1-7,17H,16H2,(H,18,19,20). The SMILES string of the molecule is Nc1ccc2c(C(=O)Nc3cccc(F)n3)c[nH]c2c1. The number of carbonyl (C=O) groups is 1. The van der Waals surface area contributed by atoms with Crippen molar-refractivity contribution in [2.24, 2.45) is 0 Å². The van der Waals surface area contributed by atoms with Crippen molar-refractivity contribution < 1.29 is 9.18 Å². The van der Waals surface area contributed by atoms with Crippen LogP contribution in [0.1, 0.15) is 10.4 Å². The van der Waals surface area contributed by atoms with Gasteiger partial charge in [-0.05, 0) is 30.3 Å². The molecule has 100 valence electrons. The average molecular weight is 270 g/mol. The third-order valence-corrected chi connectivity index (χ3v) is 2.91. The monoisotopic (exact) mass is 270 g/mol. The highest BCUT2D eigenvalue weighted by Gasteiger charge is 2.13. The molecule has 0 spiro atoms. The van der Waals surface area contributed by atoms with Crippen molar-refractivity contribution in [2.45, 2.75) is 0 Å². The van der Waals surface area contributed by atoms with Crippen molar-refractivity contribution in [3.8, 4) is 0 Å². The molecule has 0 saturated carbocycles. The lowest BCUT2D eigenvalue weighted by molar-refractivity contribution is 0.102. The minimum absolute atomic E-state index is 0.166. The van der Waals surface area contributed by atoms with E-state index in [4.69, 9.17) is 5.73 Å². The van der Waals surface area contributed by atoms with Gasteiger partial charge in [-0.25, -0.2) is 4.98 Å². The number of anilines is 2. The molecule has 0 radical (unpaired) electrons. The van der Waals surface area contributed by atoms with Crippen LogP contribution in [0.15, 0.2) is 42.6 Å². The number of aromatic amines is 1. The van der Waals surface area contributed by atoms with E-state index in [1.54, 1.807) is 24.4 Å². The van der Waals surface area contributed by atoms with Gasteiger partial charge in [-0.2, -0.15) is 4.39 Å². The van der Waals surface area contributed by atoms with Crippen molar-refractivity contribution in [1.29, 1.82) is 0 Å². The van der Waals surface area contributed by atoms with Gasteiger partial charge in [0, 0.05) is 22.8 Å². The summed E-state index contributed by atoms with van der Waals surface area (Å²) in [5.41, 5.74) is 7.50. The summed E-state index contributed by atoms with van der Waals surface area (Å²) in [5.74, 6) is -0.839. The summed E-state index contributed by atoms with van der Waals surface area (Å²) in [4.78, 5) is 18.7. The minimum atomic E-state index is -0.644. The van der Waals surface area contributed by atoms with E-state index in [-0.39, 0.29) is 11.7 Å². The topological polar surface area (TPSA) is 83.8 Å². The summed E-state index contributed by atoms with van der Waals surface area (Å²) in [6.45, 7) is 0. The lowest BCUT2D eigenvalue weighted by Crippen LogP contribution is -2.12. The van der Waals surface area contributed by atoms with Gasteiger partial charge in [-0.15, -0.1) is 0 Å². The summed E-state index contributed by atoms with van der Waals surface area (Å²) in [6, 6.07) is 9.43. The molecule has 0 aliphatic carbocycles. The Morgan fingerprint density at radius 3 is 2.95 bits per heavy atom. The lowest BCUT2D eigenvalue weighted by atomic mass is 10.1. The summed E-state index contributed by atoms with van der Waals surface area (Å²) >= 11 is 0. The first-order chi connectivity index (χ1) is 9.63. The summed E-state index contributed by atoms with van der Waals surface area (Å²) in [6.07, 6.45) is 1.58. The first kappa shape index (κ1) is 12.2. The maximum absolute atomic E-state index is 13.0. The molecule has 1 aromatic carbocycles. The number of nitrogens with zero attached hydrogens (tertiary/aromatic N) is 1. The molecule has 6 heteroatoms. The van der Waals surface area contributed by atoms with Crippen LogP contribution in [-0.2, 0) is 0 Å². The molecule has 2 heterocycles. The van der Waals surface area contributed by atoms with Gasteiger partial charge in [0.05, 0.1) is 5.56 Å². The molecule has 3 rings (SSSR count). The zero-order valence-corrected chi connectivity index (χ0v) is 10.4. The maximum atomic E-state index is 13.0. The van der Waals surface area contributed by atoms with E-state index in [1.807, 2.05) is 0 Å². The quantitative estimate of drug-likeness (QED) is 0.494.